The summed E-state index contributed by atoms with van der Waals surface area (Å²) < 4.78 is 32.9. The Morgan fingerprint density at radius 2 is 1.42 bits per heavy atom. The summed E-state index contributed by atoms with van der Waals surface area (Å²) in [5.41, 5.74) is 0. The Kier molecular flexibility index (Phi) is 9.86. The van der Waals surface area contributed by atoms with E-state index in [2.05, 4.69) is 30.5 Å². The number of halogens is 1. The second kappa shape index (κ2) is 9.99. The summed E-state index contributed by atoms with van der Waals surface area (Å²) in [4.78, 5) is 0.0256. The van der Waals surface area contributed by atoms with Gasteiger partial charge in [0.2, 0.25) is 0 Å². The normalized spacial score (nSPS) is 12.4. The van der Waals surface area contributed by atoms with Gasteiger partial charge in [0.25, 0.3) is 10.1 Å². The molecule has 7 heteroatoms. The molecule has 2 aromatic rings. The molecule has 0 radical (unpaired) electrons. The molecule has 0 heterocycles. The molecule has 0 aromatic heterocycles. The van der Waals surface area contributed by atoms with Crippen LogP contribution in [0.3, 0.4) is 0 Å². The molecule has 0 aliphatic carbocycles. The molecule has 2 aromatic carbocycles. The standard InChI is InChI=1S/C16H19O3PS.CH3.ClH.Ru/c1-16(2,3)20(13-9-5-4-6-10-13)14-11-7-8-12-15(14)21(17,18)19;;;/h4-12H,1-3H3,(H,17,18,19);1H3;1H;/q;-1;;+2. The van der Waals surface area contributed by atoms with Crippen molar-refractivity contribution in [3.8, 4) is 0 Å². The van der Waals surface area contributed by atoms with Gasteiger partial charge in [-0.05, 0) is 45.0 Å². The van der Waals surface area contributed by atoms with Gasteiger partial charge in [-0.2, -0.15) is 8.42 Å². The first-order chi connectivity index (χ1) is 10.7. The predicted molar refractivity (Wildman–Crippen MR) is 102 cm³/mol. The number of benzene rings is 2. The van der Waals surface area contributed by atoms with E-state index in [1.54, 1.807) is 6.07 Å². The van der Waals surface area contributed by atoms with Crippen LogP contribution < -0.4 is 10.6 Å². The van der Waals surface area contributed by atoms with Gasteiger partial charge < -0.3 is 7.43 Å². The summed E-state index contributed by atoms with van der Waals surface area (Å²) >= 11 is 1.82. The van der Waals surface area contributed by atoms with E-state index in [4.69, 9.17) is 0 Å². The van der Waals surface area contributed by atoms with Crippen molar-refractivity contribution < 1.29 is 30.3 Å². The molecular weight excluding hydrogens is 452 g/mol. The van der Waals surface area contributed by atoms with Crippen LogP contribution in [0.4, 0.5) is 0 Å². The summed E-state index contributed by atoms with van der Waals surface area (Å²) in [5.74, 6) is 0. The predicted octanol–water partition coefficient (Wildman–Crippen LogP) is 4.03. The summed E-state index contributed by atoms with van der Waals surface area (Å²) in [6.45, 7) is 6.32. The molecule has 1 unspecified atom stereocenters. The molecule has 1 N–H and O–H groups in total. The van der Waals surface area contributed by atoms with Gasteiger partial charge in [-0.25, -0.2) is 0 Å². The summed E-state index contributed by atoms with van der Waals surface area (Å²) in [7, 11) is -1.02. The fourth-order valence-electron chi connectivity index (χ4n) is 2.50. The van der Waals surface area contributed by atoms with Crippen LogP contribution in [0.15, 0.2) is 59.5 Å². The van der Waals surface area contributed by atoms with Crippen molar-refractivity contribution in [3.63, 3.8) is 0 Å². The van der Waals surface area contributed by atoms with Crippen molar-refractivity contribution in [2.75, 3.05) is 0 Å². The fourth-order valence-corrected chi connectivity index (χ4v) is 6.89. The number of hydrogen-bond acceptors (Lipinski definition) is 2. The second-order valence-corrected chi connectivity index (χ2v) is 10.7. The zero-order valence-electron chi connectivity index (χ0n) is 14.1. The van der Waals surface area contributed by atoms with E-state index < -0.39 is 18.0 Å². The molecule has 0 spiro atoms. The van der Waals surface area contributed by atoms with E-state index in [-0.39, 0.29) is 17.5 Å². The van der Waals surface area contributed by atoms with Crippen molar-refractivity contribution in [1.29, 1.82) is 0 Å². The van der Waals surface area contributed by atoms with E-state index in [9.17, 15) is 13.0 Å². The maximum atomic E-state index is 11.7. The van der Waals surface area contributed by atoms with Crippen LogP contribution in [0.1, 0.15) is 20.8 Å². The fraction of sp³-hybridized carbons (Fsp3) is 0.235. The van der Waals surface area contributed by atoms with Gasteiger partial charge in [-0.3, -0.25) is 4.55 Å². The van der Waals surface area contributed by atoms with E-state index >= 15 is 0 Å². The van der Waals surface area contributed by atoms with Gasteiger partial charge in [0.05, 0.1) is 18.4 Å². The molecule has 0 saturated heterocycles. The number of rotatable bonds is 3. The van der Waals surface area contributed by atoms with Crippen LogP contribution >= 0.6 is 17.6 Å². The molecule has 134 valence electrons. The maximum absolute atomic E-state index is 11.7. The summed E-state index contributed by atoms with van der Waals surface area (Å²) in [6.07, 6.45) is 0. The first-order valence-electron chi connectivity index (χ1n) is 6.84. The Morgan fingerprint density at radius 1 is 0.958 bits per heavy atom. The van der Waals surface area contributed by atoms with Gasteiger partial charge in [-0.15, -0.1) is 0 Å². The molecule has 2 rings (SSSR count). The van der Waals surface area contributed by atoms with Crippen molar-refractivity contribution >= 4 is 38.3 Å². The molecular formula is C17H23ClO3PRuS+. The van der Waals surface area contributed by atoms with Crippen LogP contribution in [0.2, 0.25) is 0 Å². The Balaban J connectivity index is 0.00000170. The van der Waals surface area contributed by atoms with Crippen molar-refractivity contribution in [2.24, 2.45) is 0 Å². The Hall–Kier alpha value is -0.307. The van der Waals surface area contributed by atoms with Crippen LogP contribution in [0.25, 0.3) is 0 Å². The van der Waals surface area contributed by atoms with E-state index in [1.165, 1.54) is 6.07 Å². The molecule has 24 heavy (non-hydrogen) atoms. The SMILES string of the molecule is CC(C)(C)[PH+](c1ccccc1)c1ccccc1S(=O)(=O)O.[CH3-].[Cl][Ru+]. The molecule has 0 bridgehead atoms. The first-order valence-corrected chi connectivity index (χ1v) is 12.0. The molecule has 0 fully saturated rings. The minimum absolute atomic E-state index is 0. The van der Waals surface area contributed by atoms with Gasteiger partial charge in [0.1, 0.15) is 10.2 Å². The first kappa shape index (κ1) is 23.7. The van der Waals surface area contributed by atoms with Gasteiger partial charge >= 0.3 is 27.0 Å². The van der Waals surface area contributed by atoms with E-state index in [0.29, 0.717) is 0 Å². The third-order valence-electron chi connectivity index (χ3n) is 3.25. The Labute approximate surface area is 161 Å². The molecule has 3 nitrogen and oxygen atoms in total. The number of hydrogen-bond donors (Lipinski definition) is 1. The molecule has 0 saturated carbocycles. The van der Waals surface area contributed by atoms with Gasteiger partial charge in [0.15, 0.2) is 0 Å². The molecule has 0 amide bonds. The molecule has 1 atom stereocenters. The van der Waals surface area contributed by atoms with Crippen molar-refractivity contribution in [2.45, 2.75) is 30.8 Å². The van der Waals surface area contributed by atoms with Crippen LogP contribution in [-0.4, -0.2) is 18.1 Å². The zero-order valence-corrected chi connectivity index (χ0v) is 18.4. The Bertz CT molecular complexity index is 731. The third-order valence-corrected chi connectivity index (χ3v) is 7.73. The van der Waals surface area contributed by atoms with Crippen LogP contribution in [0.5, 0.6) is 0 Å². The van der Waals surface area contributed by atoms with Crippen LogP contribution in [-0.2, 0) is 27.4 Å². The van der Waals surface area contributed by atoms with Gasteiger partial charge in [-0.1, -0.05) is 30.3 Å². The monoisotopic (exact) mass is 475 g/mol. The molecule has 0 aliphatic heterocycles. The van der Waals surface area contributed by atoms with Crippen LogP contribution in [0, 0.1) is 7.43 Å². The summed E-state index contributed by atoms with van der Waals surface area (Å²) in [6, 6.07) is 16.7. The molecule has 0 aliphatic rings. The average molecular weight is 475 g/mol. The van der Waals surface area contributed by atoms with E-state index in [1.807, 2.05) is 59.8 Å². The average Bonchev–Trinajstić information content (AvgIpc) is 2.49. The van der Waals surface area contributed by atoms with E-state index in [0.717, 1.165) is 10.6 Å². The van der Waals surface area contributed by atoms with Crippen molar-refractivity contribution in [3.05, 3.63) is 62.0 Å². The van der Waals surface area contributed by atoms with Crippen molar-refractivity contribution in [1.82, 2.24) is 0 Å². The summed E-state index contributed by atoms with van der Waals surface area (Å²) in [5, 5.41) is 1.77. The van der Waals surface area contributed by atoms with Gasteiger partial charge in [0, 0.05) is 0 Å². The third kappa shape index (κ3) is 6.20. The minimum atomic E-state index is -4.22. The topological polar surface area (TPSA) is 54.4 Å². The Morgan fingerprint density at radius 3 is 1.88 bits per heavy atom. The zero-order chi connectivity index (χ0) is 17.7. The second-order valence-electron chi connectivity index (χ2n) is 5.96. The quantitative estimate of drug-likeness (QED) is 0.316.